The Bertz CT molecular complexity index is 428. The van der Waals surface area contributed by atoms with Gasteiger partial charge in [-0.15, -0.1) is 0 Å². The van der Waals surface area contributed by atoms with Gasteiger partial charge in [0.05, 0.1) is 18.8 Å². The SMILES string of the molecule is CC(CN1CC2CSCC(C1)C2O)OCc1ccccc1. The van der Waals surface area contributed by atoms with Gasteiger partial charge in [0.15, 0.2) is 0 Å². The Morgan fingerprint density at radius 2 is 1.90 bits per heavy atom. The van der Waals surface area contributed by atoms with Crippen molar-refractivity contribution in [3.8, 4) is 0 Å². The van der Waals surface area contributed by atoms with Gasteiger partial charge in [0, 0.05) is 31.5 Å². The summed E-state index contributed by atoms with van der Waals surface area (Å²) in [5, 5.41) is 10.2. The van der Waals surface area contributed by atoms with Gasteiger partial charge in [0.2, 0.25) is 0 Å². The highest BCUT2D eigenvalue weighted by molar-refractivity contribution is 7.99. The molecule has 2 saturated heterocycles. The van der Waals surface area contributed by atoms with Crippen LogP contribution in [0, 0.1) is 11.8 Å². The van der Waals surface area contributed by atoms with E-state index in [1.165, 1.54) is 5.56 Å². The Hall–Kier alpha value is -0.550. The first kappa shape index (κ1) is 15.3. The van der Waals surface area contributed by atoms with Gasteiger partial charge in [-0.2, -0.15) is 11.8 Å². The molecule has 3 rings (SSSR count). The highest BCUT2D eigenvalue weighted by Crippen LogP contribution is 2.33. The lowest BCUT2D eigenvalue weighted by molar-refractivity contribution is -0.0349. The van der Waals surface area contributed by atoms with Crippen LogP contribution in [0.2, 0.25) is 0 Å². The van der Waals surface area contributed by atoms with Crippen LogP contribution in [0.5, 0.6) is 0 Å². The first-order chi connectivity index (χ1) is 10.2. The van der Waals surface area contributed by atoms with Crippen LogP contribution < -0.4 is 0 Å². The van der Waals surface area contributed by atoms with Gasteiger partial charge in [-0.25, -0.2) is 0 Å². The lowest BCUT2D eigenvalue weighted by Gasteiger charge is -2.45. The third-order valence-corrected chi connectivity index (χ3v) is 5.84. The predicted molar refractivity (Wildman–Crippen MR) is 87.4 cm³/mol. The molecule has 1 N–H and O–H groups in total. The van der Waals surface area contributed by atoms with Crippen molar-refractivity contribution >= 4 is 11.8 Å². The monoisotopic (exact) mass is 307 g/mol. The van der Waals surface area contributed by atoms with Crippen LogP contribution in [0.3, 0.4) is 0 Å². The molecule has 2 fully saturated rings. The van der Waals surface area contributed by atoms with Crippen LogP contribution >= 0.6 is 11.8 Å². The standard InChI is InChI=1S/C17H25NO2S/c1-13(20-10-14-5-3-2-4-6-14)7-18-8-15-11-21-12-16(9-18)17(15)19/h2-6,13,15-17,19H,7-12H2,1H3. The minimum atomic E-state index is -0.0805. The van der Waals surface area contributed by atoms with Gasteiger partial charge in [0.1, 0.15) is 0 Å². The summed E-state index contributed by atoms with van der Waals surface area (Å²) >= 11 is 2.00. The van der Waals surface area contributed by atoms with Gasteiger partial charge >= 0.3 is 0 Å². The molecule has 1 aromatic rings. The molecule has 3 unspecified atom stereocenters. The zero-order valence-corrected chi connectivity index (χ0v) is 13.5. The third-order valence-electron chi connectivity index (χ3n) is 4.51. The Morgan fingerprint density at radius 3 is 2.57 bits per heavy atom. The normalized spacial score (nSPS) is 31.0. The number of ether oxygens (including phenoxy) is 1. The fraction of sp³-hybridized carbons (Fsp3) is 0.647. The molecule has 0 radical (unpaired) electrons. The van der Waals surface area contributed by atoms with E-state index in [9.17, 15) is 5.11 Å². The first-order valence-electron chi connectivity index (χ1n) is 7.86. The average molecular weight is 307 g/mol. The van der Waals surface area contributed by atoms with Crippen molar-refractivity contribution in [3.63, 3.8) is 0 Å². The molecule has 21 heavy (non-hydrogen) atoms. The number of fused-ring (bicyclic) bond motifs is 2. The van der Waals surface area contributed by atoms with Gasteiger partial charge < -0.3 is 9.84 Å². The molecule has 3 atom stereocenters. The molecule has 116 valence electrons. The highest BCUT2D eigenvalue weighted by atomic mass is 32.2. The summed E-state index contributed by atoms with van der Waals surface area (Å²) < 4.78 is 5.97. The van der Waals surface area contributed by atoms with E-state index in [4.69, 9.17) is 4.74 Å². The maximum Gasteiger partial charge on any atom is 0.0721 e. The van der Waals surface area contributed by atoms with E-state index in [1.807, 2.05) is 30.0 Å². The smallest absolute Gasteiger partial charge is 0.0721 e. The number of aliphatic hydroxyl groups is 1. The number of hydrogen-bond acceptors (Lipinski definition) is 4. The molecular weight excluding hydrogens is 282 g/mol. The van der Waals surface area contributed by atoms with Crippen LogP contribution in [0.4, 0.5) is 0 Å². The second kappa shape index (κ2) is 7.14. The summed E-state index contributed by atoms with van der Waals surface area (Å²) in [4.78, 5) is 2.48. The third kappa shape index (κ3) is 4.01. The van der Waals surface area contributed by atoms with Crippen LogP contribution in [0.1, 0.15) is 12.5 Å². The van der Waals surface area contributed by atoms with Crippen molar-refractivity contribution in [2.24, 2.45) is 11.8 Å². The maximum absolute atomic E-state index is 10.2. The molecular formula is C17H25NO2S. The predicted octanol–water partition coefficient (Wildman–Crippen LogP) is 2.25. The molecule has 2 aliphatic heterocycles. The summed E-state index contributed by atoms with van der Waals surface area (Å²) in [6.07, 6.45) is 0.150. The fourth-order valence-corrected chi connectivity index (χ4v) is 4.74. The lowest BCUT2D eigenvalue weighted by atomic mass is 9.87. The Labute approximate surface area is 131 Å². The number of aliphatic hydroxyl groups excluding tert-OH is 1. The molecule has 2 aliphatic rings. The van der Waals surface area contributed by atoms with Crippen molar-refractivity contribution in [2.75, 3.05) is 31.1 Å². The molecule has 3 nitrogen and oxygen atoms in total. The van der Waals surface area contributed by atoms with E-state index in [1.54, 1.807) is 0 Å². The molecule has 0 aromatic heterocycles. The molecule has 0 aliphatic carbocycles. The number of rotatable bonds is 5. The second-order valence-electron chi connectivity index (χ2n) is 6.37. The van der Waals surface area contributed by atoms with Gasteiger partial charge in [-0.05, 0) is 24.0 Å². The second-order valence-corrected chi connectivity index (χ2v) is 7.45. The maximum atomic E-state index is 10.2. The average Bonchev–Trinajstić information content (AvgIpc) is 2.47. The quantitative estimate of drug-likeness (QED) is 0.904. The number of likely N-dealkylation sites (tertiary alicyclic amines) is 1. The van der Waals surface area contributed by atoms with E-state index >= 15 is 0 Å². The van der Waals surface area contributed by atoms with Gasteiger partial charge in [-0.1, -0.05) is 30.3 Å². The van der Waals surface area contributed by atoms with E-state index in [0.29, 0.717) is 18.4 Å². The molecule has 0 saturated carbocycles. The van der Waals surface area contributed by atoms with E-state index in [-0.39, 0.29) is 12.2 Å². The Balaban J connectivity index is 1.46. The summed E-state index contributed by atoms with van der Waals surface area (Å²) in [6.45, 7) is 5.84. The summed E-state index contributed by atoms with van der Waals surface area (Å²) in [7, 11) is 0. The van der Waals surface area contributed by atoms with Crippen molar-refractivity contribution in [3.05, 3.63) is 35.9 Å². The Morgan fingerprint density at radius 1 is 1.24 bits per heavy atom. The number of nitrogens with zero attached hydrogens (tertiary/aromatic N) is 1. The van der Waals surface area contributed by atoms with E-state index in [0.717, 1.165) is 31.1 Å². The fourth-order valence-electron chi connectivity index (χ4n) is 3.39. The number of benzene rings is 1. The van der Waals surface area contributed by atoms with Crippen molar-refractivity contribution in [2.45, 2.75) is 25.7 Å². The Kier molecular flexibility index (Phi) is 5.22. The van der Waals surface area contributed by atoms with Gasteiger partial charge in [0.25, 0.3) is 0 Å². The highest BCUT2D eigenvalue weighted by Gasteiger charge is 2.38. The van der Waals surface area contributed by atoms with Gasteiger partial charge in [-0.3, -0.25) is 4.90 Å². The van der Waals surface area contributed by atoms with Crippen molar-refractivity contribution < 1.29 is 9.84 Å². The molecule has 2 heterocycles. The van der Waals surface area contributed by atoms with E-state index < -0.39 is 0 Å². The van der Waals surface area contributed by atoms with Crippen LogP contribution in [0.15, 0.2) is 30.3 Å². The molecule has 0 amide bonds. The minimum absolute atomic E-state index is 0.0805. The van der Waals surface area contributed by atoms with Crippen LogP contribution in [-0.2, 0) is 11.3 Å². The van der Waals surface area contributed by atoms with Crippen LogP contribution in [0.25, 0.3) is 0 Å². The summed E-state index contributed by atoms with van der Waals surface area (Å²) in [6, 6.07) is 10.3. The van der Waals surface area contributed by atoms with E-state index in [2.05, 4.69) is 24.0 Å². The summed E-state index contributed by atoms with van der Waals surface area (Å²) in [5.41, 5.74) is 1.23. The molecule has 0 spiro atoms. The molecule has 1 aromatic carbocycles. The topological polar surface area (TPSA) is 32.7 Å². The van der Waals surface area contributed by atoms with Crippen molar-refractivity contribution in [1.29, 1.82) is 0 Å². The van der Waals surface area contributed by atoms with Crippen LogP contribution in [-0.4, -0.2) is 53.4 Å². The zero-order valence-electron chi connectivity index (χ0n) is 12.6. The number of thioether (sulfide) groups is 1. The number of piperidine rings is 1. The number of hydrogen-bond donors (Lipinski definition) is 1. The van der Waals surface area contributed by atoms with Crippen molar-refractivity contribution in [1.82, 2.24) is 4.90 Å². The minimum Gasteiger partial charge on any atom is -0.392 e. The largest absolute Gasteiger partial charge is 0.392 e. The summed E-state index contributed by atoms with van der Waals surface area (Å²) in [5.74, 6) is 3.11. The molecule has 4 heteroatoms. The molecule has 2 bridgehead atoms. The lowest BCUT2D eigenvalue weighted by Crippen LogP contribution is -2.54. The first-order valence-corrected chi connectivity index (χ1v) is 9.01. The zero-order chi connectivity index (χ0) is 14.7.